The number of carbonyl (C=O) groups excluding carboxylic acids is 1. The Morgan fingerprint density at radius 3 is 2.78 bits per heavy atom. The zero-order chi connectivity index (χ0) is 22.7. The van der Waals surface area contributed by atoms with Gasteiger partial charge in [0.25, 0.3) is 5.56 Å². The highest BCUT2D eigenvalue weighted by Gasteiger charge is 2.37. The van der Waals surface area contributed by atoms with E-state index in [9.17, 15) is 9.59 Å². The summed E-state index contributed by atoms with van der Waals surface area (Å²) < 4.78 is 5.18. The smallest absolute Gasteiger partial charge is 0.271 e. The Morgan fingerprint density at radius 2 is 2.09 bits per heavy atom. The minimum atomic E-state index is -0.138. The number of methoxy groups -OCH3 is 1. The molecule has 170 valence electrons. The van der Waals surface area contributed by atoms with Crippen molar-refractivity contribution in [3.05, 3.63) is 47.2 Å². The van der Waals surface area contributed by atoms with Crippen LogP contribution in [0.1, 0.15) is 12.8 Å². The fraction of sp³-hybridized carbons (Fsp3) is 0.478. The Bertz CT molecular complexity index is 1040. The summed E-state index contributed by atoms with van der Waals surface area (Å²) in [6.07, 6.45) is 10.7. The number of aromatic nitrogens is 3. The van der Waals surface area contributed by atoms with Crippen molar-refractivity contribution in [2.75, 3.05) is 52.3 Å². The lowest BCUT2D eigenvalue weighted by Crippen LogP contribution is -2.62. The van der Waals surface area contributed by atoms with Gasteiger partial charge in [-0.1, -0.05) is 6.08 Å². The number of ether oxygens (including phenoxy) is 1. The number of likely N-dealkylation sites (N-methyl/N-ethyl adjacent to an activating group) is 1. The van der Waals surface area contributed by atoms with Crippen molar-refractivity contribution in [1.29, 1.82) is 0 Å². The fourth-order valence-corrected chi connectivity index (χ4v) is 3.74. The number of hydrogen-bond donors (Lipinski definition) is 1. The number of nitrogens with one attached hydrogen (secondary N) is 1. The van der Waals surface area contributed by atoms with Crippen LogP contribution in [0.3, 0.4) is 0 Å². The van der Waals surface area contributed by atoms with Gasteiger partial charge >= 0.3 is 0 Å². The van der Waals surface area contributed by atoms with Crippen LogP contribution in [0.25, 0.3) is 11.3 Å². The van der Waals surface area contributed by atoms with Crippen molar-refractivity contribution in [3.63, 3.8) is 0 Å². The van der Waals surface area contributed by atoms with Gasteiger partial charge in [-0.3, -0.25) is 14.6 Å². The summed E-state index contributed by atoms with van der Waals surface area (Å²) in [5, 5.41) is 0. The molecule has 1 saturated carbocycles. The van der Waals surface area contributed by atoms with Crippen LogP contribution in [0.2, 0.25) is 0 Å². The molecule has 0 spiro atoms. The molecule has 1 saturated heterocycles. The molecule has 1 aliphatic heterocycles. The van der Waals surface area contributed by atoms with Crippen molar-refractivity contribution >= 4 is 11.6 Å². The number of amides is 1. The van der Waals surface area contributed by atoms with Gasteiger partial charge in [-0.05, 0) is 38.9 Å². The molecule has 32 heavy (non-hydrogen) atoms. The predicted molar refractivity (Wildman–Crippen MR) is 123 cm³/mol. The van der Waals surface area contributed by atoms with E-state index in [1.165, 1.54) is 12.8 Å². The molecule has 2 fully saturated rings. The molecule has 3 heterocycles. The lowest BCUT2D eigenvalue weighted by molar-refractivity contribution is -0.130. The molecule has 2 aromatic heterocycles. The monoisotopic (exact) mass is 438 g/mol. The Balaban J connectivity index is 1.52. The van der Waals surface area contributed by atoms with Crippen molar-refractivity contribution in [2.24, 2.45) is 5.92 Å². The summed E-state index contributed by atoms with van der Waals surface area (Å²) in [5.41, 5.74) is 1.87. The summed E-state index contributed by atoms with van der Waals surface area (Å²) in [5.74, 6) is 1.03. The summed E-state index contributed by atoms with van der Waals surface area (Å²) in [4.78, 5) is 42.6. The third-order valence-corrected chi connectivity index (χ3v) is 5.81. The molecule has 0 aromatic carbocycles. The van der Waals surface area contributed by atoms with Gasteiger partial charge < -0.3 is 24.4 Å². The number of pyridine rings is 1. The van der Waals surface area contributed by atoms with Gasteiger partial charge in [0.15, 0.2) is 0 Å². The van der Waals surface area contributed by atoms with Gasteiger partial charge in [-0.15, -0.1) is 0 Å². The molecule has 9 heteroatoms. The quantitative estimate of drug-likeness (QED) is 0.591. The Morgan fingerprint density at radius 1 is 1.31 bits per heavy atom. The Labute approximate surface area is 187 Å². The second kappa shape index (κ2) is 9.52. The van der Waals surface area contributed by atoms with Crippen LogP contribution in [0, 0.1) is 5.92 Å². The lowest BCUT2D eigenvalue weighted by atomic mass is 10.0. The molecule has 2 aliphatic rings. The first-order valence-corrected chi connectivity index (χ1v) is 10.9. The predicted octanol–water partition coefficient (Wildman–Crippen LogP) is 1.39. The van der Waals surface area contributed by atoms with E-state index in [0.29, 0.717) is 36.3 Å². The van der Waals surface area contributed by atoms with E-state index in [-0.39, 0.29) is 17.5 Å². The summed E-state index contributed by atoms with van der Waals surface area (Å²) in [7, 11) is 5.47. The van der Waals surface area contributed by atoms with Gasteiger partial charge in [-0.2, -0.15) is 0 Å². The number of H-pyrrole nitrogens is 1. The van der Waals surface area contributed by atoms with Crippen molar-refractivity contribution in [3.8, 4) is 17.1 Å². The van der Waals surface area contributed by atoms with E-state index in [2.05, 4.69) is 19.9 Å². The Kier molecular flexibility index (Phi) is 6.55. The highest BCUT2D eigenvalue weighted by Crippen LogP contribution is 2.33. The van der Waals surface area contributed by atoms with E-state index < -0.39 is 0 Å². The third-order valence-electron chi connectivity index (χ3n) is 5.81. The second-order valence-corrected chi connectivity index (χ2v) is 8.71. The van der Waals surface area contributed by atoms with Gasteiger partial charge in [-0.25, -0.2) is 4.98 Å². The standard InChI is InChI=1S/C23H30N6O3/c1-27(2)8-4-5-22(30)28-14-18(15-28)29(13-16-6-7-16)20-9-17(10-25-23(20)31)19-11-24-12-21(26-19)32-3/h4-5,9-12,16,18H,6-8,13-15H2,1-3H3,(H,25,31). The highest BCUT2D eigenvalue weighted by atomic mass is 16.5. The molecule has 0 bridgehead atoms. The molecule has 4 rings (SSSR count). The number of hydrogen-bond acceptors (Lipinski definition) is 7. The minimum absolute atomic E-state index is 0.0174. The topological polar surface area (TPSA) is 94.7 Å². The fourth-order valence-electron chi connectivity index (χ4n) is 3.74. The average Bonchev–Trinajstić information content (AvgIpc) is 3.56. The van der Waals surface area contributed by atoms with E-state index in [0.717, 1.165) is 18.7 Å². The van der Waals surface area contributed by atoms with E-state index in [1.54, 1.807) is 31.8 Å². The van der Waals surface area contributed by atoms with E-state index in [4.69, 9.17) is 4.74 Å². The maximum absolute atomic E-state index is 12.8. The van der Waals surface area contributed by atoms with Crippen molar-refractivity contribution in [1.82, 2.24) is 24.8 Å². The second-order valence-electron chi connectivity index (χ2n) is 8.71. The maximum atomic E-state index is 12.8. The molecule has 1 amide bonds. The van der Waals surface area contributed by atoms with Crippen LogP contribution >= 0.6 is 0 Å². The molecule has 0 radical (unpaired) electrons. The van der Waals surface area contributed by atoms with Crippen molar-refractivity contribution in [2.45, 2.75) is 18.9 Å². The molecular weight excluding hydrogens is 408 g/mol. The van der Waals surface area contributed by atoms with Gasteiger partial charge in [0.2, 0.25) is 11.8 Å². The maximum Gasteiger partial charge on any atom is 0.271 e. The summed E-state index contributed by atoms with van der Waals surface area (Å²) in [6, 6.07) is 1.99. The highest BCUT2D eigenvalue weighted by molar-refractivity contribution is 5.88. The first kappa shape index (κ1) is 22.0. The molecule has 2 aromatic rings. The van der Waals surface area contributed by atoms with Crippen LogP contribution in [-0.4, -0.2) is 84.1 Å². The van der Waals surface area contributed by atoms with Gasteiger partial charge in [0, 0.05) is 44.0 Å². The molecular formula is C23H30N6O3. The minimum Gasteiger partial charge on any atom is -0.480 e. The SMILES string of the molecule is COc1cncc(-c2c[nH]c(=O)c(N(CC3CC3)C3CN(C(=O)C=CCN(C)C)C3)c2)n1. The van der Waals surface area contributed by atoms with Gasteiger partial charge in [0.1, 0.15) is 5.69 Å². The van der Waals surface area contributed by atoms with Crippen LogP contribution in [0.15, 0.2) is 41.6 Å². The zero-order valence-corrected chi connectivity index (χ0v) is 18.8. The lowest BCUT2D eigenvalue weighted by Gasteiger charge is -2.46. The first-order chi connectivity index (χ1) is 15.4. The normalized spacial score (nSPS) is 16.4. The van der Waals surface area contributed by atoms with E-state index >= 15 is 0 Å². The third kappa shape index (κ3) is 5.16. The van der Waals surface area contributed by atoms with E-state index in [1.807, 2.05) is 36.0 Å². The molecule has 0 atom stereocenters. The first-order valence-electron chi connectivity index (χ1n) is 10.9. The number of rotatable bonds is 9. The van der Waals surface area contributed by atoms with Crippen LogP contribution in [-0.2, 0) is 4.79 Å². The number of likely N-dealkylation sites (tertiary alicyclic amines) is 1. The average molecular weight is 439 g/mol. The number of anilines is 1. The van der Waals surface area contributed by atoms with Crippen LogP contribution in [0.5, 0.6) is 5.88 Å². The van der Waals surface area contributed by atoms with Gasteiger partial charge in [0.05, 0.1) is 31.2 Å². The zero-order valence-electron chi connectivity index (χ0n) is 18.8. The molecule has 1 aliphatic carbocycles. The molecule has 1 N–H and O–H groups in total. The number of carbonyl (C=O) groups is 1. The van der Waals surface area contributed by atoms with Crippen LogP contribution < -0.4 is 15.2 Å². The Hall–Kier alpha value is -3.20. The van der Waals surface area contributed by atoms with Crippen LogP contribution in [0.4, 0.5) is 5.69 Å². The molecule has 9 nitrogen and oxygen atoms in total. The summed E-state index contributed by atoms with van der Waals surface area (Å²) in [6.45, 7) is 2.77. The largest absolute Gasteiger partial charge is 0.480 e. The van der Waals surface area contributed by atoms with Crippen molar-refractivity contribution < 1.29 is 9.53 Å². The summed E-state index contributed by atoms with van der Waals surface area (Å²) >= 11 is 0. The number of nitrogens with zero attached hydrogens (tertiary/aromatic N) is 5. The number of aromatic amines is 1. The molecule has 0 unspecified atom stereocenters.